The number of hydrogen-bond acceptors (Lipinski definition) is 7. The number of carbonyl (C=O) groups is 1. The summed E-state index contributed by atoms with van der Waals surface area (Å²) in [6, 6.07) is 2.12. The van der Waals surface area contributed by atoms with Gasteiger partial charge in [-0.2, -0.15) is 5.26 Å². The lowest BCUT2D eigenvalue weighted by molar-refractivity contribution is -0.122. The summed E-state index contributed by atoms with van der Waals surface area (Å²) < 4.78 is 8.22. The first-order valence-electron chi connectivity index (χ1n) is 12.1. The van der Waals surface area contributed by atoms with E-state index in [9.17, 15) is 14.9 Å². The van der Waals surface area contributed by atoms with Crippen molar-refractivity contribution < 1.29 is 9.53 Å². The van der Waals surface area contributed by atoms with E-state index in [0.717, 1.165) is 37.1 Å². The zero-order chi connectivity index (χ0) is 25.0. The molecule has 0 aliphatic carbocycles. The second-order valence-electron chi connectivity index (χ2n) is 9.01. The van der Waals surface area contributed by atoms with Gasteiger partial charge in [-0.1, -0.05) is 50.7 Å². The van der Waals surface area contributed by atoms with Gasteiger partial charge in [-0.3, -0.25) is 19.1 Å². The lowest BCUT2D eigenvalue weighted by Gasteiger charge is -2.39. The Morgan fingerprint density at radius 1 is 1.15 bits per heavy atom. The van der Waals surface area contributed by atoms with Crippen LogP contribution in [0.15, 0.2) is 9.70 Å². The van der Waals surface area contributed by atoms with Crippen LogP contribution in [0, 0.1) is 18.3 Å². The number of ether oxygens (including phenoxy) is 1. The summed E-state index contributed by atoms with van der Waals surface area (Å²) in [4.78, 5) is 30.9. The molecule has 34 heavy (non-hydrogen) atoms. The Morgan fingerprint density at radius 3 is 2.35 bits per heavy atom. The molecule has 0 radical (unpaired) electrons. The summed E-state index contributed by atoms with van der Waals surface area (Å²) in [7, 11) is 0. The number of nitriles is 1. The summed E-state index contributed by atoms with van der Waals surface area (Å²) in [6.07, 6.45) is 5.42. The van der Waals surface area contributed by atoms with Gasteiger partial charge in [0.1, 0.15) is 21.8 Å². The Balaban J connectivity index is 2.22. The minimum absolute atomic E-state index is 0.00506. The lowest BCUT2D eigenvalue weighted by Crippen LogP contribution is -2.48. The molecule has 0 N–H and O–H groups in total. The maximum atomic E-state index is 13.4. The van der Waals surface area contributed by atoms with Gasteiger partial charge in [-0.15, -0.1) is 0 Å². The molecule has 2 fully saturated rings. The fraction of sp³-hybridized carbons (Fsp3) is 0.600. The van der Waals surface area contributed by atoms with Crippen molar-refractivity contribution in [1.82, 2.24) is 9.47 Å². The average Bonchev–Trinajstić information content (AvgIpc) is 3.05. The molecule has 0 aromatic carbocycles. The summed E-state index contributed by atoms with van der Waals surface area (Å²) >= 11 is 6.78. The summed E-state index contributed by atoms with van der Waals surface area (Å²) in [5.74, 6) is 0.651. The first kappa shape index (κ1) is 26.5. The van der Waals surface area contributed by atoms with E-state index in [-0.39, 0.29) is 29.2 Å². The first-order chi connectivity index (χ1) is 16.2. The molecule has 184 valence electrons. The number of pyridine rings is 1. The third-order valence-electron chi connectivity index (χ3n) is 6.19. The highest BCUT2D eigenvalue weighted by Crippen LogP contribution is 2.36. The maximum absolute atomic E-state index is 13.4. The smallest absolute Gasteiger partial charge is 0.270 e. The predicted octanol–water partition coefficient (Wildman–Crippen LogP) is 4.44. The number of carbonyl (C=O) groups excluding carboxylic acids is 1. The summed E-state index contributed by atoms with van der Waals surface area (Å²) in [5.41, 5.74) is 1.19. The van der Waals surface area contributed by atoms with E-state index in [1.807, 2.05) is 19.9 Å². The fourth-order valence-corrected chi connectivity index (χ4v) is 5.79. The SMILES string of the molecule is CCCCN1C(=O)C(=Cc2c(C)c(C#N)c(=O)n(CCCC)c2N2CC(C)OC(C)C2)SC1=S. The van der Waals surface area contributed by atoms with E-state index >= 15 is 0 Å². The van der Waals surface area contributed by atoms with Crippen LogP contribution in [-0.2, 0) is 16.1 Å². The van der Waals surface area contributed by atoms with Crippen LogP contribution >= 0.6 is 24.0 Å². The second kappa shape index (κ2) is 11.5. The normalized spacial score (nSPS) is 22.1. The van der Waals surface area contributed by atoms with Gasteiger partial charge in [0.15, 0.2) is 0 Å². The molecule has 7 nitrogen and oxygen atoms in total. The highest BCUT2D eigenvalue weighted by atomic mass is 32.2. The van der Waals surface area contributed by atoms with Crippen LogP contribution in [0.1, 0.15) is 70.1 Å². The van der Waals surface area contributed by atoms with E-state index in [4.69, 9.17) is 17.0 Å². The van der Waals surface area contributed by atoms with Crippen molar-refractivity contribution in [3.63, 3.8) is 0 Å². The molecular formula is C25H34N4O3S2. The zero-order valence-electron chi connectivity index (χ0n) is 20.7. The van der Waals surface area contributed by atoms with Gasteiger partial charge in [0, 0.05) is 31.7 Å². The molecule has 1 amide bonds. The van der Waals surface area contributed by atoms with Crippen LogP contribution in [-0.4, -0.2) is 51.5 Å². The number of thiocarbonyl (C=S) groups is 1. The Kier molecular flexibility index (Phi) is 8.96. The number of unbranched alkanes of at least 4 members (excludes halogenated alkanes) is 2. The van der Waals surface area contributed by atoms with Crippen molar-refractivity contribution in [1.29, 1.82) is 5.26 Å². The molecule has 3 heterocycles. The molecular weight excluding hydrogens is 468 g/mol. The van der Waals surface area contributed by atoms with E-state index in [1.165, 1.54) is 11.8 Å². The second-order valence-corrected chi connectivity index (χ2v) is 10.7. The van der Waals surface area contributed by atoms with Crippen molar-refractivity contribution in [3.05, 3.63) is 31.9 Å². The topological polar surface area (TPSA) is 78.6 Å². The van der Waals surface area contributed by atoms with Gasteiger partial charge in [-0.05, 0) is 45.3 Å². The summed E-state index contributed by atoms with van der Waals surface area (Å²) in [6.45, 7) is 12.4. The van der Waals surface area contributed by atoms with Crippen molar-refractivity contribution >= 4 is 46.1 Å². The number of anilines is 1. The molecule has 0 bridgehead atoms. The monoisotopic (exact) mass is 502 g/mol. The molecule has 2 atom stereocenters. The minimum atomic E-state index is -0.275. The predicted molar refractivity (Wildman–Crippen MR) is 142 cm³/mol. The zero-order valence-corrected chi connectivity index (χ0v) is 22.4. The van der Waals surface area contributed by atoms with E-state index < -0.39 is 0 Å². The number of morpholine rings is 1. The van der Waals surface area contributed by atoms with Crippen LogP contribution in [0.25, 0.3) is 6.08 Å². The van der Waals surface area contributed by atoms with E-state index in [2.05, 4.69) is 24.8 Å². The van der Waals surface area contributed by atoms with Gasteiger partial charge in [-0.25, -0.2) is 0 Å². The van der Waals surface area contributed by atoms with Gasteiger partial charge in [0.25, 0.3) is 11.5 Å². The number of amides is 1. The number of nitrogens with zero attached hydrogens (tertiary/aromatic N) is 4. The average molecular weight is 503 g/mol. The van der Waals surface area contributed by atoms with Crippen molar-refractivity contribution in [2.75, 3.05) is 24.5 Å². The Morgan fingerprint density at radius 2 is 1.76 bits per heavy atom. The van der Waals surface area contributed by atoms with E-state index in [1.54, 1.807) is 16.4 Å². The molecule has 1 aromatic heterocycles. The maximum Gasteiger partial charge on any atom is 0.270 e. The van der Waals surface area contributed by atoms with Gasteiger partial charge < -0.3 is 9.64 Å². The van der Waals surface area contributed by atoms with Crippen LogP contribution in [0.2, 0.25) is 0 Å². The molecule has 9 heteroatoms. The summed E-state index contributed by atoms with van der Waals surface area (Å²) in [5, 5.41) is 9.83. The van der Waals surface area contributed by atoms with Crippen molar-refractivity contribution in [2.45, 2.75) is 79.1 Å². The third-order valence-corrected chi connectivity index (χ3v) is 7.56. The van der Waals surface area contributed by atoms with Crippen molar-refractivity contribution in [3.8, 4) is 6.07 Å². The molecule has 2 aliphatic heterocycles. The molecule has 2 unspecified atom stereocenters. The van der Waals surface area contributed by atoms with Crippen molar-refractivity contribution in [2.24, 2.45) is 0 Å². The molecule has 3 rings (SSSR count). The standard InChI is InChI=1S/C25H34N4O3S2/c1-6-8-10-28-22(27-14-16(3)32-17(4)15-27)19(18(5)20(13-26)23(28)30)12-21-24(31)29(11-9-7-2)25(33)34-21/h12,16-17H,6-11,14-15H2,1-5H3. The van der Waals surface area contributed by atoms with Gasteiger partial charge in [0.2, 0.25) is 0 Å². The molecule has 1 aromatic rings. The Hall–Kier alpha value is -2.15. The Bertz CT molecular complexity index is 1080. The fourth-order valence-electron chi connectivity index (χ4n) is 4.50. The number of aromatic nitrogens is 1. The largest absolute Gasteiger partial charge is 0.372 e. The van der Waals surface area contributed by atoms with E-state index in [0.29, 0.717) is 41.0 Å². The first-order valence-corrected chi connectivity index (χ1v) is 13.3. The Labute approximate surface area is 211 Å². The van der Waals surface area contributed by atoms with Gasteiger partial charge in [0.05, 0.1) is 17.1 Å². The van der Waals surface area contributed by atoms with Crippen LogP contribution in [0.3, 0.4) is 0 Å². The molecule has 2 saturated heterocycles. The van der Waals surface area contributed by atoms with Crippen LogP contribution in [0.5, 0.6) is 0 Å². The third kappa shape index (κ3) is 5.40. The molecule has 2 aliphatic rings. The van der Waals surface area contributed by atoms with Crippen LogP contribution < -0.4 is 10.5 Å². The molecule has 0 saturated carbocycles. The number of hydrogen-bond donors (Lipinski definition) is 0. The minimum Gasteiger partial charge on any atom is -0.372 e. The quantitative estimate of drug-likeness (QED) is 0.384. The lowest BCUT2D eigenvalue weighted by atomic mass is 10.0. The van der Waals surface area contributed by atoms with Crippen LogP contribution in [0.4, 0.5) is 5.82 Å². The highest BCUT2D eigenvalue weighted by molar-refractivity contribution is 8.26. The highest BCUT2D eigenvalue weighted by Gasteiger charge is 2.34. The number of rotatable bonds is 8. The number of thioether (sulfide) groups is 1. The molecule has 0 spiro atoms. The van der Waals surface area contributed by atoms with Gasteiger partial charge >= 0.3 is 0 Å².